The van der Waals surface area contributed by atoms with E-state index in [1.807, 2.05) is 0 Å². The van der Waals surface area contributed by atoms with E-state index in [0.717, 1.165) is 6.07 Å². The molecule has 5 atom stereocenters. The first-order valence-electron chi connectivity index (χ1n) is 8.53. The number of anilines is 1. The topological polar surface area (TPSA) is 127 Å². The lowest BCUT2D eigenvalue weighted by Gasteiger charge is -2.21. The van der Waals surface area contributed by atoms with Gasteiger partial charge in [0.25, 0.3) is 0 Å². The molecular weight excluding hydrogens is 391 g/mol. The van der Waals surface area contributed by atoms with E-state index in [2.05, 4.69) is 9.97 Å². The van der Waals surface area contributed by atoms with Crippen LogP contribution < -0.4 is 5.73 Å². The molecule has 1 aromatic carbocycles. The van der Waals surface area contributed by atoms with E-state index in [0.29, 0.717) is 16.7 Å². The van der Waals surface area contributed by atoms with E-state index in [9.17, 15) is 19.7 Å². The molecule has 1 saturated heterocycles. The Hall–Kier alpha value is -2.30. The highest BCUT2D eigenvalue weighted by Crippen LogP contribution is 2.38. The maximum atomic E-state index is 13.7. The van der Waals surface area contributed by atoms with Gasteiger partial charge in [0.15, 0.2) is 6.23 Å². The minimum atomic E-state index is -1.42. The van der Waals surface area contributed by atoms with E-state index in [1.165, 1.54) is 16.7 Å². The summed E-state index contributed by atoms with van der Waals surface area (Å²) in [6.45, 7) is 1.77. The van der Waals surface area contributed by atoms with E-state index >= 15 is 0 Å². The van der Waals surface area contributed by atoms with Gasteiger partial charge in [-0.1, -0.05) is 17.7 Å². The molecule has 10 heteroatoms. The normalized spacial score (nSPS) is 26.1. The van der Waals surface area contributed by atoms with Crippen molar-refractivity contribution in [3.8, 4) is 0 Å². The van der Waals surface area contributed by atoms with Crippen molar-refractivity contribution in [3.05, 3.63) is 52.6 Å². The summed E-state index contributed by atoms with van der Waals surface area (Å²) >= 11 is 5.67. The summed E-state index contributed by atoms with van der Waals surface area (Å²) in [4.78, 5) is 8.27. The molecular formula is C18H18ClFN4O4. The van der Waals surface area contributed by atoms with Gasteiger partial charge in [-0.15, -0.1) is 0 Å². The maximum Gasteiger partial charge on any atom is 0.222 e. The van der Waals surface area contributed by atoms with Gasteiger partial charge in [-0.05, 0) is 30.7 Å². The fourth-order valence-corrected chi connectivity index (χ4v) is 3.59. The van der Waals surface area contributed by atoms with Crippen molar-refractivity contribution >= 4 is 28.6 Å². The average Bonchev–Trinajstić information content (AvgIpc) is 3.19. The molecule has 1 aliphatic rings. The van der Waals surface area contributed by atoms with Crippen LogP contribution in [0.15, 0.2) is 30.5 Å². The predicted molar refractivity (Wildman–Crippen MR) is 99.0 cm³/mol. The smallest absolute Gasteiger partial charge is 0.222 e. The summed E-state index contributed by atoms with van der Waals surface area (Å²) in [5.41, 5.74) is 6.96. The Morgan fingerprint density at radius 3 is 2.71 bits per heavy atom. The number of nitrogen functional groups attached to an aromatic ring is 1. The summed E-state index contributed by atoms with van der Waals surface area (Å²) in [5.74, 6) is -0.645. The third-order valence-corrected chi connectivity index (χ3v) is 5.23. The molecule has 4 rings (SSSR count). The molecule has 0 spiro atoms. The molecule has 3 heterocycles. The summed E-state index contributed by atoms with van der Waals surface area (Å²) in [7, 11) is 0. The third-order valence-electron chi connectivity index (χ3n) is 4.93. The van der Waals surface area contributed by atoms with Gasteiger partial charge < -0.3 is 30.4 Å². The molecule has 1 aliphatic heterocycles. The Kier molecular flexibility index (Phi) is 4.72. The van der Waals surface area contributed by atoms with Crippen molar-refractivity contribution in [2.45, 2.75) is 37.6 Å². The largest absolute Gasteiger partial charge is 0.387 e. The van der Waals surface area contributed by atoms with Gasteiger partial charge in [0.05, 0.1) is 10.7 Å². The summed E-state index contributed by atoms with van der Waals surface area (Å²) in [6.07, 6.45) is -4.76. The van der Waals surface area contributed by atoms with Crippen molar-refractivity contribution in [1.82, 2.24) is 14.5 Å². The fraction of sp³-hybridized carbons (Fsp3) is 0.333. The van der Waals surface area contributed by atoms with Crippen LogP contribution in [0.25, 0.3) is 11.0 Å². The number of nitrogens with two attached hydrogens (primary N) is 1. The molecule has 0 aliphatic carbocycles. The van der Waals surface area contributed by atoms with Gasteiger partial charge >= 0.3 is 0 Å². The highest BCUT2D eigenvalue weighted by atomic mass is 35.5. The zero-order valence-electron chi connectivity index (χ0n) is 14.7. The second-order valence-corrected chi connectivity index (χ2v) is 7.13. The summed E-state index contributed by atoms with van der Waals surface area (Å²) in [5, 5.41) is 32.2. The number of fused-ring (bicyclic) bond motifs is 1. The van der Waals surface area contributed by atoms with Crippen LogP contribution >= 0.6 is 11.6 Å². The highest BCUT2D eigenvalue weighted by Gasteiger charge is 2.47. The third kappa shape index (κ3) is 3.01. The lowest BCUT2D eigenvalue weighted by atomic mass is 9.99. The number of aliphatic hydroxyl groups excluding tert-OH is 3. The van der Waals surface area contributed by atoms with Gasteiger partial charge in [-0.25, -0.2) is 9.37 Å². The number of ether oxygens (including phenoxy) is 1. The molecule has 0 unspecified atom stereocenters. The van der Waals surface area contributed by atoms with E-state index in [-0.39, 0.29) is 16.5 Å². The number of nitrogens with zero attached hydrogens (tertiary/aromatic N) is 3. The molecule has 8 nitrogen and oxygen atoms in total. The van der Waals surface area contributed by atoms with Gasteiger partial charge in [0.2, 0.25) is 5.95 Å². The molecule has 2 aromatic heterocycles. The average molecular weight is 409 g/mol. The molecule has 28 heavy (non-hydrogen) atoms. The number of rotatable bonds is 3. The van der Waals surface area contributed by atoms with Gasteiger partial charge in [0.1, 0.15) is 35.9 Å². The number of aryl methyl sites for hydroxylation is 1. The van der Waals surface area contributed by atoms with Crippen LogP contribution in [0.4, 0.5) is 10.3 Å². The molecule has 3 aromatic rings. The standard InChI is InChI=1S/C18H18ClFN4O4/c1-7-9-4-5-24(16(9)23-18(21)22-7)17-14(27)13(26)15(28-17)12(25)8-2-3-10(19)11(20)6-8/h2-6,12-15,17,25-27H,1H3,(H2,21,22,23)/t12-,13+,14-,15-,17-/m1/s1. The van der Waals surface area contributed by atoms with Gasteiger partial charge in [-0.3, -0.25) is 0 Å². The first-order valence-corrected chi connectivity index (χ1v) is 8.91. The number of hydrogen-bond acceptors (Lipinski definition) is 7. The SMILES string of the molecule is Cc1nc(N)nc2c1ccn2[C@@H]1O[C@H]([C@H](O)c2ccc(Cl)c(F)c2)[C@@H](O)[C@H]1O. The summed E-state index contributed by atoms with van der Waals surface area (Å²) in [6, 6.07) is 5.52. The van der Waals surface area contributed by atoms with Crippen molar-refractivity contribution in [3.63, 3.8) is 0 Å². The summed E-state index contributed by atoms with van der Waals surface area (Å²) < 4.78 is 21.0. The van der Waals surface area contributed by atoms with Crippen LogP contribution in [-0.4, -0.2) is 48.2 Å². The van der Waals surface area contributed by atoms with Crippen LogP contribution in [-0.2, 0) is 4.74 Å². The first kappa shape index (κ1) is 19.0. The monoisotopic (exact) mass is 408 g/mol. The molecule has 0 bridgehead atoms. The molecule has 1 fully saturated rings. The van der Waals surface area contributed by atoms with Crippen molar-refractivity contribution in [2.75, 3.05) is 5.73 Å². The zero-order valence-corrected chi connectivity index (χ0v) is 15.5. The van der Waals surface area contributed by atoms with E-state index in [1.54, 1.807) is 19.2 Å². The van der Waals surface area contributed by atoms with Crippen LogP contribution in [0.5, 0.6) is 0 Å². The van der Waals surface area contributed by atoms with Crippen LogP contribution in [0.1, 0.15) is 23.6 Å². The van der Waals surface area contributed by atoms with Crippen LogP contribution in [0.2, 0.25) is 5.02 Å². The number of aromatic nitrogens is 3. The maximum absolute atomic E-state index is 13.7. The van der Waals surface area contributed by atoms with Gasteiger partial charge in [-0.2, -0.15) is 4.98 Å². The van der Waals surface area contributed by atoms with Crippen LogP contribution in [0.3, 0.4) is 0 Å². The van der Waals surface area contributed by atoms with E-state index < -0.39 is 36.5 Å². The number of benzene rings is 1. The zero-order chi connectivity index (χ0) is 20.2. The molecule has 0 amide bonds. The lowest BCUT2D eigenvalue weighted by Crippen LogP contribution is -2.34. The quantitative estimate of drug-likeness (QED) is 0.516. The van der Waals surface area contributed by atoms with Crippen LogP contribution in [0, 0.1) is 12.7 Å². The minimum absolute atomic E-state index is 0.0613. The first-order chi connectivity index (χ1) is 13.3. The fourth-order valence-electron chi connectivity index (χ4n) is 3.47. The Morgan fingerprint density at radius 1 is 1.25 bits per heavy atom. The molecule has 0 radical (unpaired) electrons. The second-order valence-electron chi connectivity index (χ2n) is 6.72. The highest BCUT2D eigenvalue weighted by molar-refractivity contribution is 6.30. The number of aliphatic hydroxyl groups is 3. The second kappa shape index (κ2) is 6.94. The van der Waals surface area contributed by atoms with Crippen molar-refractivity contribution < 1.29 is 24.4 Å². The lowest BCUT2D eigenvalue weighted by molar-refractivity contribution is -0.0848. The van der Waals surface area contributed by atoms with E-state index in [4.69, 9.17) is 22.1 Å². The number of hydrogen-bond donors (Lipinski definition) is 4. The minimum Gasteiger partial charge on any atom is -0.387 e. The predicted octanol–water partition coefficient (Wildman–Crippen LogP) is 1.47. The Bertz CT molecular complexity index is 1050. The van der Waals surface area contributed by atoms with Crippen molar-refractivity contribution in [1.29, 1.82) is 0 Å². The Morgan fingerprint density at radius 2 is 2.00 bits per heavy atom. The van der Waals surface area contributed by atoms with Gasteiger partial charge in [0, 0.05) is 11.6 Å². The molecule has 0 saturated carbocycles. The van der Waals surface area contributed by atoms with Crippen molar-refractivity contribution in [2.24, 2.45) is 0 Å². The molecule has 148 valence electrons. The number of halogens is 2. The molecule has 5 N–H and O–H groups in total. The Balaban J connectivity index is 1.67. The Labute approximate surface area is 164 Å².